The van der Waals surface area contributed by atoms with Gasteiger partial charge in [-0.15, -0.1) is 0 Å². The van der Waals surface area contributed by atoms with Crippen molar-refractivity contribution in [1.82, 2.24) is 0 Å². The zero-order valence-corrected chi connectivity index (χ0v) is 17.4. The number of benzene rings is 1. The summed E-state index contributed by atoms with van der Waals surface area (Å²) in [7, 11) is 0. The Morgan fingerprint density at radius 1 is 1.04 bits per heavy atom. The van der Waals surface area contributed by atoms with Crippen LogP contribution in [-0.4, -0.2) is 12.6 Å². The first-order valence-electron chi connectivity index (χ1n) is 8.90. The number of allylic oxidation sites excluding steroid dienone is 1. The van der Waals surface area contributed by atoms with Crippen LogP contribution in [0.5, 0.6) is 0 Å². The van der Waals surface area contributed by atoms with E-state index in [-0.39, 0.29) is 11.8 Å². The van der Waals surface area contributed by atoms with Gasteiger partial charge in [-0.25, -0.2) is 0 Å². The van der Waals surface area contributed by atoms with Crippen LogP contribution in [0.4, 0.5) is 7.25 Å². The second kappa shape index (κ2) is 13.3. The number of carbonyl (C=O) groups excluding carboxylic acids is 1. The molecule has 0 saturated heterocycles. The van der Waals surface area contributed by atoms with E-state index in [0.29, 0.717) is 16.6 Å². The summed E-state index contributed by atoms with van der Waals surface area (Å²) < 4.78 is 34.7. The second-order valence-corrected chi connectivity index (χ2v) is 9.55. The third kappa shape index (κ3) is 11.3. The Balaban J connectivity index is 2.07. The van der Waals surface area contributed by atoms with Gasteiger partial charge in [-0.2, -0.15) is 0 Å². The van der Waals surface area contributed by atoms with Crippen LogP contribution < -0.4 is 0 Å². The number of halogens is 3. The maximum absolute atomic E-state index is 14.2. The number of esters is 1. The molecule has 0 spiro atoms. The average Bonchev–Trinajstić information content (AvgIpc) is 2.56. The van der Waals surface area contributed by atoms with Crippen LogP contribution in [0.1, 0.15) is 63.9 Å². The molecule has 1 aromatic carbocycles. The Labute approximate surface area is 158 Å². The average molecular weight is 466 g/mol. The van der Waals surface area contributed by atoms with Crippen LogP contribution in [-0.2, 0) is 9.53 Å². The molecule has 1 rings (SSSR count). The van der Waals surface area contributed by atoms with Crippen molar-refractivity contribution in [3.8, 4) is 0 Å². The number of carbonyl (C=O) groups is 1. The van der Waals surface area contributed by atoms with E-state index in [1.807, 2.05) is 19.1 Å². The summed E-state index contributed by atoms with van der Waals surface area (Å²) in [6.45, 7) is 3.88. The maximum atomic E-state index is 14.2. The summed E-state index contributed by atoms with van der Waals surface area (Å²) in [6, 6.07) is 7.28. The van der Waals surface area contributed by atoms with Crippen molar-refractivity contribution in [3.63, 3.8) is 0 Å². The van der Waals surface area contributed by atoms with Crippen molar-refractivity contribution in [1.29, 1.82) is 0 Å². The molecule has 0 atom stereocenters. The van der Waals surface area contributed by atoms with E-state index in [0.717, 1.165) is 50.5 Å². The van der Waals surface area contributed by atoms with Gasteiger partial charge in [-0.3, -0.25) is 4.79 Å². The number of hydrogen-bond acceptors (Lipinski definition) is 2. The van der Waals surface area contributed by atoms with Crippen LogP contribution in [0.2, 0.25) is 0 Å². The molecule has 0 aromatic heterocycles. The summed E-state index contributed by atoms with van der Waals surface area (Å²) in [4.78, 5) is 10.6. The molecule has 5 heteroatoms. The molecule has 0 bridgehead atoms. The number of ether oxygens (including phenoxy) is 1. The van der Waals surface area contributed by atoms with Gasteiger partial charge in [0.2, 0.25) is 0 Å². The molecule has 1 aromatic rings. The van der Waals surface area contributed by atoms with Gasteiger partial charge in [-0.1, -0.05) is 0 Å². The monoisotopic (exact) mass is 466 g/mol. The number of aryl methyl sites for hydroxylation is 1. The molecule has 0 aliphatic carbocycles. The summed E-state index contributed by atoms with van der Waals surface area (Å²) in [5.74, 6) is -0.522. The van der Waals surface area contributed by atoms with Crippen LogP contribution in [0.3, 0.4) is 0 Å². The van der Waals surface area contributed by atoms with Crippen LogP contribution in [0.25, 0.3) is 0 Å². The fraction of sp³-hybridized carbons (Fsp3) is 0.550. The molecule has 0 unspecified atom stereocenters. The summed E-state index contributed by atoms with van der Waals surface area (Å²) in [6.07, 6.45) is 7.31. The molecular formula is C20H29F2IO2. The summed E-state index contributed by atoms with van der Waals surface area (Å²) in [5, 5.41) is 0. The third-order valence-corrected chi connectivity index (χ3v) is 6.93. The number of unbranched alkanes of at least 4 members (excludes halogenated alkanes) is 6. The minimum atomic E-state index is -2.98. The minimum absolute atomic E-state index is 0.226. The van der Waals surface area contributed by atoms with E-state index in [9.17, 15) is 12.0 Å². The zero-order chi connectivity index (χ0) is 18.5. The van der Waals surface area contributed by atoms with Crippen molar-refractivity contribution in [3.05, 3.63) is 43.3 Å². The van der Waals surface area contributed by atoms with Crippen molar-refractivity contribution in [2.24, 2.45) is 0 Å². The Hall–Kier alpha value is -0.980. The van der Waals surface area contributed by atoms with Gasteiger partial charge >= 0.3 is 147 Å². The first-order valence-corrected chi connectivity index (χ1v) is 12.0. The first-order chi connectivity index (χ1) is 12.0. The standard InChI is InChI=1S/C20H29F2IO2/c1-17-11-13-20(14-12-17)23(22)16-19(21)10-8-6-4-3-5-7-9-15-25-18(2)24/h11-14,16H,3-10,15H2,1-2H3/b19-16+. The van der Waals surface area contributed by atoms with Crippen molar-refractivity contribution < 1.29 is 16.8 Å². The molecule has 0 radical (unpaired) electrons. The normalized spacial score (nSPS) is 12.2. The molecule has 0 N–H and O–H groups in total. The first kappa shape index (κ1) is 22.1. The van der Waals surface area contributed by atoms with Crippen molar-refractivity contribution in [2.45, 2.75) is 65.2 Å². The number of rotatable bonds is 12. The van der Waals surface area contributed by atoms with E-state index >= 15 is 0 Å². The van der Waals surface area contributed by atoms with Crippen LogP contribution in [0.15, 0.2) is 34.2 Å². The van der Waals surface area contributed by atoms with Crippen molar-refractivity contribution >= 4 is 26.4 Å². The summed E-state index contributed by atoms with van der Waals surface area (Å²) >= 11 is -2.98. The predicted molar refractivity (Wildman–Crippen MR) is 108 cm³/mol. The zero-order valence-electron chi connectivity index (χ0n) is 15.2. The Morgan fingerprint density at radius 3 is 2.20 bits per heavy atom. The topological polar surface area (TPSA) is 26.3 Å². The van der Waals surface area contributed by atoms with E-state index in [1.165, 1.54) is 11.0 Å². The molecule has 25 heavy (non-hydrogen) atoms. The van der Waals surface area contributed by atoms with Gasteiger partial charge < -0.3 is 0 Å². The molecule has 142 valence electrons. The van der Waals surface area contributed by atoms with E-state index in [2.05, 4.69) is 0 Å². The Bertz CT molecular complexity index is 529. The van der Waals surface area contributed by atoms with Gasteiger partial charge in [0.25, 0.3) is 0 Å². The van der Waals surface area contributed by atoms with Gasteiger partial charge in [-0.05, 0) is 0 Å². The predicted octanol–water partition coefficient (Wildman–Crippen LogP) is 7.05. The molecule has 0 fully saturated rings. The molecule has 0 heterocycles. The Morgan fingerprint density at radius 2 is 1.60 bits per heavy atom. The molecule has 2 nitrogen and oxygen atoms in total. The SMILES string of the molecule is CC(=O)OCCCCCCCCC/C(F)=C\I(F)c1ccc(C)cc1. The van der Waals surface area contributed by atoms with Gasteiger partial charge in [0, 0.05) is 6.92 Å². The molecular weight excluding hydrogens is 437 g/mol. The quantitative estimate of drug-likeness (QED) is 0.188. The number of hydrogen-bond donors (Lipinski definition) is 0. The fourth-order valence-corrected chi connectivity index (χ4v) is 4.68. The van der Waals surface area contributed by atoms with Gasteiger partial charge in [0.1, 0.15) is 0 Å². The van der Waals surface area contributed by atoms with Crippen LogP contribution >= 0.6 is 20.4 Å². The van der Waals surface area contributed by atoms with Gasteiger partial charge in [0.05, 0.1) is 0 Å². The molecule has 0 aliphatic heterocycles. The molecule has 0 amide bonds. The summed E-state index contributed by atoms with van der Waals surface area (Å²) in [5.41, 5.74) is 1.09. The van der Waals surface area contributed by atoms with E-state index in [1.54, 1.807) is 12.1 Å². The third-order valence-electron chi connectivity index (χ3n) is 3.80. The fourth-order valence-electron chi connectivity index (χ4n) is 2.37. The van der Waals surface area contributed by atoms with Crippen LogP contribution in [0, 0.1) is 10.5 Å². The van der Waals surface area contributed by atoms with Crippen molar-refractivity contribution in [2.75, 3.05) is 6.61 Å². The van der Waals surface area contributed by atoms with E-state index in [4.69, 9.17) is 4.74 Å². The van der Waals surface area contributed by atoms with Gasteiger partial charge in [0.15, 0.2) is 0 Å². The van der Waals surface area contributed by atoms with E-state index < -0.39 is 20.4 Å². The second-order valence-electron chi connectivity index (χ2n) is 6.18. The Kier molecular flexibility index (Phi) is 11.7. The molecule has 0 saturated carbocycles. The molecule has 0 aliphatic rings.